The molecule has 1 N–H and O–H groups in total. The van der Waals surface area contributed by atoms with Crippen molar-refractivity contribution in [3.8, 4) is 11.5 Å². The first-order chi connectivity index (χ1) is 10.2. The number of benzene rings is 2. The third-order valence-electron chi connectivity index (χ3n) is 3.53. The Balaban J connectivity index is 1.82. The van der Waals surface area contributed by atoms with Gasteiger partial charge in [0.2, 0.25) is 0 Å². The quantitative estimate of drug-likeness (QED) is 0.899. The van der Waals surface area contributed by atoms with Crippen LogP contribution in [0, 0.1) is 6.92 Å². The zero-order valence-electron chi connectivity index (χ0n) is 12.2. The van der Waals surface area contributed by atoms with Crippen LogP contribution in [-0.2, 0) is 0 Å². The number of fused-ring (bicyclic) bond motifs is 1. The van der Waals surface area contributed by atoms with Crippen LogP contribution < -0.4 is 14.8 Å². The molecule has 0 bridgehead atoms. The predicted molar refractivity (Wildman–Crippen MR) is 85.7 cm³/mol. The van der Waals surface area contributed by atoms with Crippen LogP contribution in [0.25, 0.3) is 0 Å². The van der Waals surface area contributed by atoms with E-state index in [1.54, 1.807) is 0 Å². The smallest absolute Gasteiger partial charge is 0.142 e. The topological polar surface area (TPSA) is 30.5 Å². The van der Waals surface area contributed by atoms with Gasteiger partial charge < -0.3 is 14.8 Å². The molecule has 1 aliphatic rings. The number of hydrogen-bond acceptors (Lipinski definition) is 3. The minimum Gasteiger partial charge on any atom is -0.492 e. The van der Waals surface area contributed by atoms with E-state index in [9.17, 15) is 0 Å². The van der Waals surface area contributed by atoms with Crippen molar-refractivity contribution in [3.63, 3.8) is 0 Å². The minimum absolute atomic E-state index is 0.0911. The highest BCUT2D eigenvalue weighted by atomic mass is 35.5. The van der Waals surface area contributed by atoms with Crippen molar-refractivity contribution in [2.24, 2.45) is 0 Å². The summed E-state index contributed by atoms with van der Waals surface area (Å²) >= 11 is 6.25. The first-order valence-electron chi connectivity index (χ1n) is 7.09. The van der Waals surface area contributed by atoms with Crippen LogP contribution in [0.15, 0.2) is 36.4 Å². The summed E-state index contributed by atoms with van der Waals surface area (Å²) in [4.78, 5) is 0. The summed E-state index contributed by atoms with van der Waals surface area (Å²) in [5.41, 5.74) is 3.30. The maximum atomic E-state index is 6.25. The van der Waals surface area contributed by atoms with Crippen molar-refractivity contribution in [2.45, 2.75) is 19.9 Å². The molecule has 0 amide bonds. The van der Waals surface area contributed by atoms with Crippen LogP contribution in [0.3, 0.4) is 0 Å². The van der Waals surface area contributed by atoms with Crippen LogP contribution in [0.1, 0.15) is 24.1 Å². The Kier molecular flexibility index (Phi) is 3.93. The Morgan fingerprint density at radius 2 is 2.14 bits per heavy atom. The molecule has 0 aromatic heterocycles. The van der Waals surface area contributed by atoms with Crippen LogP contribution in [-0.4, -0.2) is 13.2 Å². The molecule has 0 saturated heterocycles. The molecule has 1 heterocycles. The molecule has 1 aliphatic heterocycles. The fraction of sp³-hybridized carbons (Fsp3) is 0.294. The van der Waals surface area contributed by atoms with Gasteiger partial charge in [-0.05, 0) is 49.2 Å². The second kappa shape index (κ2) is 5.86. The zero-order chi connectivity index (χ0) is 14.8. The molecule has 4 heteroatoms. The molecular weight excluding hydrogens is 286 g/mol. The van der Waals surface area contributed by atoms with Gasteiger partial charge in [-0.2, -0.15) is 0 Å². The van der Waals surface area contributed by atoms with Gasteiger partial charge in [0.1, 0.15) is 18.1 Å². The Morgan fingerprint density at radius 3 is 2.90 bits per heavy atom. The van der Waals surface area contributed by atoms with E-state index in [0.29, 0.717) is 18.2 Å². The zero-order valence-corrected chi connectivity index (χ0v) is 12.9. The maximum absolute atomic E-state index is 6.25. The van der Waals surface area contributed by atoms with E-state index in [2.05, 4.69) is 18.3 Å². The van der Waals surface area contributed by atoms with Gasteiger partial charge in [0.05, 0.1) is 23.4 Å². The van der Waals surface area contributed by atoms with E-state index in [-0.39, 0.29) is 6.04 Å². The lowest BCUT2D eigenvalue weighted by molar-refractivity contribution is 0.286. The molecule has 0 saturated carbocycles. The second-order valence-electron chi connectivity index (χ2n) is 5.13. The van der Waals surface area contributed by atoms with Gasteiger partial charge in [0.25, 0.3) is 0 Å². The van der Waals surface area contributed by atoms with E-state index in [4.69, 9.17) is 21.1 Å². The standard InChI is InChI=1S/C17H18ClNO2/c1-3-20-16-7-5-12(9-13(16)18)15-10-21-17-8-11(2)4-6-14(17)19-15/h4-9,15,19H,3,10H2,1-2H3/t15-/m1/s1. The molecule has 0 spiro atoms. The SMILES string of the molecule is CCOc1ccc([C@H]2COc3cc(C)ccc3N2)cc1Cl. The first-order valence-corrected chi connectivity index (χ1v) is 7.47. The molecule has 3 rings (SSSR count). The molecule has 0 fully saturated rings. The summed E-state index contributed by atoms with van der Waals surface area (Å²) in [6.07, 6.45) is 0. The largest absolute Gasteiger partial charge is 0.492 e. The molecule has 1 atom stereocenters. The van der Waals surface area contributed by atoms with Crippen molar-refractivity contribution < 1.29 is 9.47 Å². The monoisotopic (exact) mass is 303 g/mol. The van der Waals surface area contributed by atoms with Crippen molar-refractivity contribution >= 4 is 17.3 Å². The van der Waals surface area contributed by atoms with E-state index in [1.165, 1.54) is 5.56 Å². The molecule has 0 unspecified atom stereocenters. The third kappa shape index (κ3) is 2.93. The van der Waals surface area contributed by atoms with Gasteiger partial charge in [0, 0.05) is 0 Å². The van der Waals surface area contributed by atoms with Gasteiger partial charge in [-0.25, -0.2) is 0 Å². The summed E-state index contributed by atoms with van der Waals surface area (Å²) < 4.78 is 11.3. The van der Waals surface area contributed by atoms with E-state index in [0.717, 1.165) is 22.7 Å². The summed E-state index contributed by atoms with van der Waals surface area (Å²) in [5.74, 6) is 1.62. The van der Waals surface area contributed by atoms with E-state index in [1.807, 2.05) is 37.3 Å². The van der Waals surface area contributed by atoms with Gasteiger partial charge in [-0.3, -0.25) is 0 Å². The fourth-order valence-corrected chi connectivity index (χ4v) is 2.70. The first kappa shape index (κ1) is 14.1. The molecule has 2 aromatic rings. The number of rotatable bonds is 3. The molecule has 21 heavy (non-hydrogen) atoms. The Hall–Kier alpha value is -1.87. The number of anilines is 1. The Morgan fingerprint density at radius 1 is 1.29 bits per heavy atom. The highest BCUT2D eigenvalue weighted by Gasteiger charge is 2.21. The van der Waals surface area contributed by atoms with Crippen LogP contribution in [0.4, 0.5) is 5.69 Å². The van der Waals surface area contributed by atoms with Gasteiger partial charge in [-0.1, -0.05) is 23.7 Å². The maximum Gasteiger partial charge on any atom is 0.142 e. The summed E-state index contributed by atoms with van der Waals surface area (Å²) in [6.45, 7) is 5.19. The third-order valence-corrected chi connectivity index (χ3v) is 3.83. The highest BCUT2D eigenvalue weighted by molar-refractivity contribution is 6.32. The number of halogens is 1. The number of ether oxygens (including phenoxy) is 2. The average molecular weight is 304 g/mol. The lowest BCUT2D eigenvalue weighted by Crippen LogP contribution is -2.23. The summed E-state index contributed by atoms with van der Waals surface area (Å²) in [5, 5.41) is 4.13. The average Bonchev–Trinajstić information content (AvgIpc) is 2.49. The molecule has 3 nitrogen and oxygen atoms in total. The normalized spacial score (nSPS) is 16.6. The van der Waals surface area contributed by atoms with Crippen LogP contribution in [0.5, 0.6) is 11.5 Å². The van der Waals surface area contributed by atoms with Crippen LogP contribution in [0.2, 0.25) is 5.02 Å². The Bertz CT molecular complexity index is 657. The molecule has 0 aliphatic carbocycles. The number of nitrogens with one attached hydrogen (secondary N) is 1. The number of hydrogen-bond donors (Lipinski definition) is 1. The molecule has 0 radical (unpaired) electrons. The van der Waals surface area contributed by atoms with E-state index >= 15 is 0 Å². The molecule has 2 aromatic carbocycles. The van der Waals surface area contributed by atoms with Gasteiger partial charge in [-0.15, -0.1) is 0 Å². The van der Waals surface area contributed by atoms with Crippen molar-refractivity contribution in [3.05, 3.63) is 52.5 Å². The lowest BCUT2D eigenvalue weighted by Gasteiger charge is -2.28. The van der Waals surface area contributed by atoms with Gasteiger partial charge >= 0.3 is 0 Å². The van der Waals surface area contributed by atoms with Crippen molar-refractivity contribution in [2.75, 3.05) is 18.5 Å². The fourth-order valence-electron chi connectivity index (χ4n) is 2.46. The minimum atomic E-state index is 0.0911. The number of aryl methyl sites for hydroxylation is 1. The van der Waals surface area contributed by atoms with Crippen molar-refractivity contribution in [1.82, 2.24) is 0 Å². The second-order valence-corrected chi connectivity index (χ2v) is 5.54. The Labute approximate surface area is 129 Å². The molecular formula is C17H18ClNO2. The highest BCUT2D eigenvalue weighted by Crippen LogP contribution is 2.36. The summed E-state index contributed by atoms with van der Waals surface area (Å²) in [7, 11) is 0. The summed E-state index contributed by atoms with van der Waals surface area (Å²) in [6, 6.07) is 12.1. The van der Waals surface area contributed by atoms with E-state index < -0.39 is 0 Å². The van der Waals surface area contributed by atoms with Crippen LogP contribution >= 0.6 is 11.6 Å². The molecule has 110 valence electrons. The predicted octanol–water partition coefficient (Wildman–Crippen LogP) is 4.59. The van der Waals surface area contributed by atoms with Gasteiger partial charge in [0.15, 0.2) is 0 Å². The lowest BCUT2D eigenvalue weighted by atomic mass is 10.0. The van der Waals surface area contributed by atoms with Crippen molar-refractivity contribution in [1.29, 1.82) is 0 Å².